The lowest BCUT2D eigenvalue weighted by Crippen LogP contribution is -2.42. The fraction of sp³-hybridized carbons (Fsp3) is 0.333. The molecule has 30 heavy (non-hydrogen) atoms. The highest BCUT2D eigenvalue weighted by Crippen LogP contribution is 2.40. The number of aliphatic hydroxyl groups is 1. The van der Waals surface area contributed by atoms with Crippen LogP contribution in [0.5, 0.6) is 0 Å². The van der Waals surface area contributed by atoms with Crippen molar-refractivity contribution in [3.05, 3.63) is 53.3 Å². The topological polar surface area (TPSA) is 95.0 Å². The second-order valence-electron chi connectivity index (χ2n) is 7.33. The summed E-state index contributed by atoms with van der Waals surface area (Å²) >= 11 is 5.99. The van der Waals surface area contributed by atoms with Gasteiger partial charge in [-0.2, -0.15) is 5.10 Å². The molecule has 1 saturated heterocycles. The lowest BCUT2D eigenvalue weighted by Gasteiger charge is -2.32. The van der Waals surface area contributed by atoms with Crippen LogP contribution in [0.25, 0.3) is 22.5 Å². The number of likely N-dealkylation sites (tertiary alicyclic amines) is 1. The molecule has 4 rings (SSSR count). The number of piperidine rings is 1. The van der Waals surface area contributed by atoms with Crippen LogP contribution in [0.1, 0.15) is 31.4 Å². The van der Waals surface area contributed by atoms with Crippen LogP contribution >= 0.6 is 11.6 Å². The number of nitrogens with zero attached hydrogens (tertiary/aromatic N) is 4. The minimum absolute atomic E-state index is 0.0237. The molecule has 1 fully saturated rings. The van der Waals surface area contributed by atoms with Gasteiger partial charge in [-0.1, -0.05) is 17.7 Å². The number of H-pyrrole nitrogens is 1. The molecule has 1 aliphatic rings. The van der Waals surface area contributed by atoms with Gasteiger partial charge in [0.05, 0.1) is 10.7 Å². The van der Waals surface area contributed by atoms with E-state index in [2.05, 4.69) is 20.2 Å². The Morgan fingerprint density at radius 3 is 2.77 bits per heavy atom. The van der Waals surface area contributed by atoms with E-state index in [0.717, 1.165) is 5.69 Å². The summed E-state index contributed by atoms with van der Waals surface area (Å²) < 4.78 is 14.8. The Bertz CT molecular complexity index is 1050. The molecule has 3 aromatic rings. The summed E-state index contributed by atoms with van der Waals surface area (Å²) in [6, 6.07) is 6.56. The third kappa shape index (κ3) is 3.80. The molecule has 0 radical (unpaired) electrons. The van der Waals surface area contributed by atoms with Crippen molar-refractivity contribution in [2.75, 3.05) is 13.1 Å². The fourth-order valence-electron chi connectivity index (χ4n) is 3.88. The molecule has 2 aromatic heterocycles. The predicted octanol–water partition coefficient (Wildman–Crippen LogP) is 3.41. The number of nitrogens with one attached hydrogen (secondary N) is 1. The van der Waals surface area contributed by atoms with Crippen molar-refractivity contribution < 1.29 is 14.3 Å². The van der Waals surface area contributed by atoms with Crippen LogP contribution in [0.4, 0.5) is 4.39 Å². The van der Waals surface area contributed by atoms with Gasteiger partial charge >= 0.3 is 0 Å². The van der Waals surface area contributed by atoms with E-state index in [1.54, 1.807) is 29.3 Å². The molecular formula is C21H21ClFN5O2. The number of aromatic amines is 1. The van der Waals surface area contributed by atoms with E-state index in [-0.39, 0.29) is 16.8 Å². The Kier molecular flexibility index (Phi) is 5.78. The minimum atomic E-state index is -1.01. The Morgan fingerprint density at radius 2 is 2.10 bits per heavy atom. The SMILES string of the molecule is C[C@H](O)C(=O)N1CCC(c2[nH]nc(-c3cccc(Cl)c3F)c2-c2ccncn2)CC1. The maximum atomic E-state index is 14.8. The first kappa shape index (κ1) is 20.4. The first-order valence-electron chi connectivity index (χ1n) is 9.73. The Morgan fingerprint density at radius 1 is 1.33 bits per heavy atom. The highest BCUT2D eigenvalue weighted by atomic mass is 35.5. The van der Waals surface area contributed by atoms with Crippen LogP contribution in [0.15, 0.2) is 36.8 Å². The van der Waals surface area contributed by atoms with Gasteiger partial charge in [0, 0.05) is 42.0 Å². The molecule has 1 amide bonds. The van der Waals surface area contributed by atoms with E-state index >= 15 is 0 Å². The van der Waals surface area contributed by atoms with Crippen molar-refractivity contribution in [1.82, 2.24) is 25.1 Å². The molecule has 1 atom stereocenters. The summed E-state index contributed by atoms with van der Waals surface area (Å²) in [7, 11) is 0. The van der Waals surface area contributed by atoms with Crippen molar-refractivity contribution >= 4 is 17.5 Å². The number of hydrogen-bond acceptors (Lipinski definition) is 5. The molecule has 1 aromatic carbocycles. The number of carbonyl (C=O) groups excluding carboxylic acids is 1. The molecule has 7 nitrogen and oxygen atoms in total. The number of benzene rings is 1. The van der Waals surface area contributed by atoms with Crippen LogP contribution in [-0.2, 0) is 4.79 Å². The average molecular weight is 430 g/mol. The normalized spacial score (nSPS) is 15.9. The van der Waals surface area contributed by atoms with Crippen LogP contribution in [0.3, 0.4) is 0 Å². The summed E-state index contributed by atoms with van der Waals surface area (Å²) in [5.74, 6) is -0.725. The molecule has 156 valence electrons. The van der Waals surface area contributed by atoms with E-state index in [1.807, 2.05) is 0 Å². The molecule has 3 heterocycles. The van der Waals surface area contributed by atoms with Gasteiger partial charge in [-0.25, -0.2) is 14.4 Å². The quantitative estimate of drug-likeness (QED) is 0.662. The second kappa shape index (κ2) is 8.49. The zero-order valence-electron chi connectivity index (χ0n) is 16.3. The zero-order chi connectivity index (χ0) is 21.3. The van der Waals surface area contributed by atoms with Crippen LogP contribution in [0, 0.1) is 5.82 Å². The first-order valence-corrected chi connectivity index (χ1v) is 10.1. The standard InChI is InChI=1S/C21H21ClFN5O2/c1-12(29)21(30)28-9-6-13(7-10-28)19-17(16-5-8-24-11-25-16)20(27-26-19)14-3-2-4-15(22)18(14)23/h2-5,8,11-13,29H,6-7,9-10H2,1H3,(H,26,27)/t12-/m0/s1. The van der Waals surface area contributed by atoms with Gasteiger partial charge in [0.15, 0.2) is 5.82 Å². The number of hydrogen-bond donors (Lipinski definition) is 2. The van der Waals surface area contributed by atoms with Gasteiger partial charge in [0.25, 0.3) is 5.91 Å². The molecule has 1 aliphatic heterocycles. The summed E-state index contributed by atoms with van der Waals surface area (Å²) in [5, 5.41) is 17.1. The van der Waals surface area contributed by atoms with Crippen LogP contribution in [-0.4, -0.2) is 55.3 Å². The van der Waals surface area contributed by atoms with Gasteiger partial charge in [-0.3, -0.25) is 9.89 Å². The molecule has 0 saturated carbocycles. The molecule has 0 bridgehead atoms. The highest BCUT2D eigenvalue weighted by molar-refractivity contribution is 6.31. The summed E-state index contributed by atoms with van der Waals surface area (Å²) in [4.78, 5) is 22.1. The number of carbonyl (C=O) groups is 1. The van der Waals surface area contributed by atoms with Gasteiger partial charge < -0.3 is 10.0 Å². The third-order valence-corrected chi connectivity index (χ3v) is 5.70. The maximum Gasteiger partial charge on any atom is 0.251 e. The van der Waals surface area contributed by atoms with E-state index in [9.17, 15) is 14.3 Å². The Balaban J connectivity index is 1.72. The van der Waals surface area contributed by atoms with Crippen LogP contribution in [0.2, 0.25) is 5.02 Å². The smallest absolute Gasteiger partial charge is 0.251 e. The number of aromatic nitrogens is 4. The van der Waals surface area contributed by atoms with Gasteiger partial charge in [-0.05, 0) is 38.0 Å². The summed E-state index contributed by atoms with van der Waals surface area (Å²) in [5.41, 5.74) is 2.91. The van der Waals surface area contributed by atoms with Crippen molar-refractivity contribution in [1.29, 1.82) is 0 Å². The third-order valence-electron chi connectivity index (χ3n) is 5.41. The van der Waals surface area contributed by atoms with Crippen LogP contribution < -0.4 is 0 Å². The molecular weight excluding hydrogens is 409 g/mol. The largest absolute Gasteiger partial charge is 0.384 e. The van der Waals surface area contributed by atoms with Gasteiger partial charge in [-0.15, -0.1) is 0 Å². The average Bonchev–Trinajstić information content (AvgIpc) is 3.20. The number of halogens is 2. The monoisotopic (exact) mass is 429 g/mol. The summed E-state index contributed by atoms with van der Waals surface area (Å²) in [6.07, 6.45) is 3.43. The fourth-order valence-corrected chi connectivity index (χ4v) is 4.06. The molecule has 2 N–H and O–H groups in total. The Labute approximate surface area is 177 Å². The van der Waals surface area contributed by atoms with E-state index in [0.29, 0.717) is 48.4 Å². The van der Waals surface area contributed by atoms with E-state index < -0.39 is 11.9 Å². The second-order valence-corrected chi connectivity index (χ2v) is 7.74. The van der Waals surface area contributed by atoms with Gasteiger partial charge in [0.2, 0.25) is 0 Å². The molecule has 0 aliphatic carbocycles. The molecule has 0 spiro atoms. The predicted molar refractivity (Wildman–Crippen MR) is 110 cm³/mol. The number of amides is 1. The highest BCUT2D eigenvalue weighted by Gasteiger charge is 2.30. The van der Waals surface area contributed by atoms with E-state index in [1.165, 1.54) is 19.3 Å². The lowest BCUT2D eigenvalue weighted by molar-refractivity contribution is -0.140. The van der Waals surface area contributed by atoms with Crippen molar-refractivity contribution in [2.24, 2.45) is 0 Å². The molecule has 9 heteroatoms. The minimum Gasteiger partial charge on any atom is -0.384 e. The summed E-state index contributed by atoms with van der Waals surface area (Å²) in [6.45, 7) is 2.53. The lowest BCUT2D eigenvalue weighted by atomic mass is 9.88. The van der Waals surface area contributed by atoms with E-state index in [4.69, 9.17) is 11.6 Å². The Hall–Kier alpha value is -2.84. The first-order chi connectivity index (χ1) is 14.5. The number of aliphatic hydroxyl groups excluding tert-OH is 1. The van der Waals surface area contributed by atoms with Crippen molar-refractivity contribution in [3.8, 4) is 22.5 Å². The zero-order valence-corrected chi connectivity index (χ0v) is 17.1. The maximum absolute atomic E-state index is 14.8. The number of rotatable bonds is 4. The molecule has 0 unspecified atom stereocenters. The van der Waals surface area contributed by atoms with Crippen molar-refractivity contribution in [2.45, 2.75) is 31.8 Å². The van der Waals surface area contributed by atoms with Crippen molar-refractivity contribution in [3.63, 3.8) is 0 Å². The van der Waals surface area contributed by atoms with Gasteiger partial charge in [0.1, 0.15) is 18.1 Å².